The number of rotatable bonds is 9. The van der Waals surface area contributed by atoms with E-state index in [9.17, 15) is 9.59 Å². The minimum absolute atomic E-state index is 0.146. The lowest BCUT2D eigenvalue weighted by molar-refractivity contribution is -0.200. The number of amides is 1. The Kier molecular flexibility index (Phi) is 8.16. The fourth-order valence-electron chi connectivity index (χ4n) is 1.90. The highest BCUT2D eigenvalue weighted by molar-refractivity contribution is 5.74. The van der Waals surface area contributed by atoms with E-state index in [1.807, 2.05) is 0 Å². The minimum atomic E-state index is -0.765. The predicted octanol–water partition coefficient (Wildman–Crippen LogP) is 1.99. The molecule has 1 saturated heterocycles. The molecule has 1 unspecified atom stereocenters. The summed E-state index contributed by atoms with van der Waals surface area (Å²) in [5.41, 5.74) is 2.40. The second-order valence-electron chi connectivity index (χ2n) is 4.75. The van der Waals surface area contributed by atoms with Gasteiger partial charge in [-0.3, -0.25) is 9.59 Å². The first-order valence-corrected chi connectivity index (χ1v) is 6.96. The fraction of sp³-hybridized carbons (Fsp3) is 0.846. The average Bonchev–Trinajstić information content (AvgIpc) is 2.41. The van der Waals surface area contributed by atoms with E-state index in [0.29, 0.717) is 19.4 Å². The van der Waals surface area contributed by atoms with Gasteiger partial charge in [-0.15, -0.1) is 0 Å². The Labute approximate surface area is 113 Å². The van der Waals surface area contributed by atoms with Crippen LogP contribution in [0.5, 0.6) is 0 Å². The number of unbranched alkanes of at least 4 members (excludes halogenated alkanes) is 3. The first kappa shape index (κ1) is 15.9. The van der Waals surface area contributed by atoms with Crippen molar-refractivity contribution in [3.63, 3.8) is 0 Å². The van der Waals surface area contributed by atoms with Crippen LogP contribution in [-0.2, 0) is 19.2 Å². The number of carbonyl (C=O) groups excluding carboxylic acids is 1. The van der Waals surface area contributed by atoms with Crippen molar-refractivity contribution >= 4 is 11.9 Å². The molecule has 0 aromatic heterocycles. The number of carboxylic acid groups (broad SMARTS) is 1. The van der Waals surface area contributed by atoms with Gasteiger partial charge >= 0.3 is 5.97 Å². The van der Waals surface area contributed by atoms with Gasteiger partial charge in [-0.2, -0.15) is 0 Å². The zero-order valence-corrected chi connectivity index (χ0v) is 11.2. The van der Waals surface area contributed by atoms with Crippen molar-refractivity contribution in [2.75, 3.05) is 6.61 Å². The number of aliphatic carboxylic acids is 1. The maximum absolute atomic E-state index is 11.4. The molecule has 1 aliphatic rings. The molecular weight excluding hydrogens is 250 g/mol. The molecule has 6 nitrogen and oxygen atoms in total. The third-order valence-corrected chi connectivity index (χ3v) is 2.99. The summed E-state index contributed by atoms with van der Waals surface area (Å²) in [6, 6.07) is 0. The van der Waals surface area contributed by atoms with Crippen LogP contribution in [0.3, 0.4) is 0 Å². The molecule has 0 radical (unpaired) electrons. The Hall–Kier alpha value is -1.14. The van der Waals surface area contributed by atoms with Crippen LogP contribution in [0.1, 0.15) is 57.8 Å². The molecule has 19 heavy (non-hydrogen) atoms. The standard InChI is InChI=1S/C13H23NO5/c15-11(7-3-1-2-4-8-12(16)17)14-19-13-9-5-6-10-18-13/h13H,1-10H2,(H,14,15)(H,16,17). The van der Waals surface area contributed by atoms with Crippen LogP contribution in [0.4, 0.5) is 0 Å². The van der Waals surface area contributed by atoms with Crippen LogP contribution in [0.15, 0.2) is 0 Å². The van der Waals surface area contributed by atoms with Crippen molar-refractivity contribution in [3.05, 3.63) is 0 Å². The maximum Gasteiger partial charge on any atom is 0.303 e. The average molecular weight is 273 g/mol. The van der Waals surface area contributed by atoms with E-state index < -0.39 is 5.97 Å². The molecule has 0 spiro atoms. The quantitative estimate of drug-likeness (QED) is 0.495. The Bertz CT molecular complexity index is 276. The van der Waals surface area contributed by atoms with Crippen molar-refractivity contribution < 1.29 is 24.3 Å². The van der Waals surface area contributed by atoms with Crippen molar-refractivity contribution in [3.8, 4) is 0 Å². The van der Waals surface area contributed by atoms with Crippen molar-refractivity contribution in [2.45, 2.75) is 64.1 Å². The smallest absolute Gasteiger partial charge is 0.303 e. The van der Waals surface area contributed by atoms with Gasteiger partial charge in [0.2, 0.25) is 5.91 Å². The molecule has 0 aliphatic carbocycles. The summed E-state index contributed by atoms with van der Waals surface area (Å²) in [7, 11) is 0. The van der Waals surface area contributed by atoms with Crippen molar-refractivity contribution in [1.29, 1.82) is 0 Å². The number of hydroxylamine groups is 1. The van der Waals surface area contributed by atoms with Crippen LogP contribution in [-0.4, -0.2) is 29.9 Å². The topological polar surface area (TPSA) is 84.9 Å². The molecule has 0 bridgehead atoms. The molecule has 2 N–H and O–H groups in total. The summed E-state index contributed by atoms with van der Waals surface area (Å²) in [6.07, 6.45) is 6.34. The second-order valence-corrected chi connectivity index (χ2v) is 4.75. The Morgan fingerprint density at radius 1 is 1.16 bits per heavy atom. The van der Waals surface area contributed by atoms with Gasteiger partial charge in [-0.1, -0.05) is 12.8 Å². The minimum Gasteiger partial charge on any atom is -0.481 e. The largest absolute Gasteiger partial charge is 0.481 e. The van der Waals surface area contributed by atoms with Crippen LogP contribution in [0, 0.1) is 0 Å². The third-order valence-electron chi connectivity index (χ3n) is 2.99. The van der Waals surface area contributed by atoms with Gasteiger partial charge in [0.15, 0.2) is 6.29 Å². The predicted molar refractivity (Wildman–Crippen MR) is 68.2 cm³/mol. The van der Waals surface area contributed by atoms with E-state index in [4.69, 9.17) is 14.7 Å². The summed E-state index contributed by atoms with van der Waals surface area (Å²) in [6.45, 7) is 0.685. The first-order chi connectivity index (χ1) is 9.18. The zero-order chi connectivity index (χ0) is 13.9. The van der Waals surface area contributed by atoms with E-state index in [2.05, 4.69) is 5.48 Å². The van der Waals surface area contributed by atoms with E-state index >= 15 is 0 Å². The Balaban J connectivity index is 1.91. The highest BCUT2D eigenvalue weighted by atomic mass is 16.8. The van der Waals surface area contributed by atoms with E-state index in [-0.39, 0.29) is 18.6 Å². The van der Waals surface area contributed by atoms with E-state index in [0.717, 1.165) is 38.5 Å². The van der Waals surface area contributed by atoms with Gasteiger partial charge < -0.3 is 9.84 Å². The number of carboxylic acids is 1. The molecule has 0 saturated carbocycles. The van der Waals surface area contributed by atoms with Crippen LogP contribution < -0.4 is 5.48 Å². The summed E-state index contributed by atoms with van der Waals surface area (Å²) in [5.74, 6) is -0.911. The summed E-state index contributed by atoms with van der Waals surface area (Å²) in [4.78, 5) is 26.9. The van der Waals surface area contributed by atoms with Gasteiger partial charge in [-0.25, -0.2) is 10.3 Å². The highest BCUT2D eigenvalue weighted by Crippen LogP contribution is 2.12. The molecule has 110 valence electrons. The number of carbonyl (C=O) groups is 2. The van der Waals surface area contributed by atoms with Gasteiger partial charge in [0.1, 0.15) is 0 Å². The lowest BCUT2D eigenvalue weighted by Crippen LogP contribution is -2.32. The van der Waals surface area contributed by atoms with Gasteiger partial charge in [-0.05, 0) is 25.7 Å². The third kappa shape index (κ3) is 8.56. The van der Waals surface area contributed by atoms with Crippen LogP contribution >= 0.6 is 0 Å². The van der Waals surface area contributed by atoms with E-state index in [1.54, 1.807) is 0 Å². The number of hydrogen-bond acceptors (Lipinski definition) is 4. The Morgan fingerprint density at radius 3 is 2.53 bits per heavy atom. The number of hydrogen-bond donors (Lipinski definition) is 2. The van der Waals surface area contributed by atoms with Crippen molar-refractivity contribution in [2.24, 2.45) is 0 Å². The lowest BCUT2D eigenvalue weighted by Gasteiger charge is -2.22. The van der Waals surface area contributed by atoms with Crippen molar-refractivity contribution in [1.82, 2.24) is 5.48 Å². The molecule has 1 rings (SSSR count). The molecule has 0 aromatic carbocycles. The monoisotopic (exact) mass is 273 g/mol. The highest BCUT2D eigenvalue weighted by Gasteiger charge is 2.15. The van der Waals surface area contributed by atoms with Gasteiger partial charge in [0, 0.05) is 25.9 Å². The van der Waals surface area contributed by atoms with E-state index in [1.165, 1.54) is 0 Å². The van der Waals surface area contributed by atoms with Gasteiger partial charge in [0.25, 0.3) is 0 Å². The normalized spacial score (nSPS) is 19.1. The summed E-state index contributed by atoms with van der Waals surface area (Å²) >= 11 is 0. The van der Waals surface area contributed by atoms with Crippen LogP contribution in [0.25, 0.3) is 0 Å². The Morgan fingerprint density at radius 2 is 1.89 bits per heavy atom. The zero-order valence-electron chi connectivity index (χ0n) is 11.2. The second kappa shape index (κ2) is 9.75. The van der Waals surface area contributed by atoms with Gasteiger partial charge in [0.05, 0.1) is 0 Å². The number of nitrogens with one attached hydrogen (secondary N) is 1. The lowest BCUT2D eigenvalue weighted by atomic mass is 10.1. The molecule has 1 heterocycles. The summed E-state index contributed by atoms with van der Waals surface area (Å²) in [5, 5.41) is 8.46. The molecule has 1 aliphatic heterocycles. The molecule has 1 atom stereocenters. The van der Waals surface area contributed by atoms with Crippen LogP contribution in [0.2, 0.25) is 0 Å². The molecule has 6 heteroatoms. The first-order valence-electron chi connectivity index (χ1n) is 6.96. The number of ether oxygens (including phenoxy) is 1. The molecular formula is C13H23NO5. The molecule has 0 aromatic rings. The molecule has 1 amide bonds. The SMILES string of the molecule is O=C(O)CCCCCCC(=O)NOC1CCCCO1. The maximum atomic E-state index is 11.4. The molecule has 1 fully saturated rings. The summed E-state index contributed by atoms with van der Waals surface area (Å²) < 4.78 is 5.32. The fourth-order valence-corrected chi connectivity index (χ4v) is 1.90.